The van der Waals surface area contributed by atoms with Crippen LogP contribution in [0.4, 0.5) is 5.88 Å². The Balaban J connectivity index is 2.45. The van der Waals surface area contributed by atoms with Crippen molar-refractivity contribution in [3.63, 3.8) is 0 Å². The van der Waals surface area contributed by atoms with Gasteiger partial charge in [-0.1, -0.05) is 23.5 Å². The predicted octanol–water partition coefficient (Wildman–Crippen LogP) is 2.62. The van der Waals surface area contributed by atoms with Crippen molar-refractivity contribution in [3.8, 4) is 0 Å². The first kappa shape index (κ1) is 17.7. The number of rotatable bonds is 5. The summed E-state index contributed by atoms with van der Waals surface area (Å²) in [4.78, 5) is 44.4. The molecule has 0 spiro atoms. The van der Waals surface area contributed by atoms with E-state index in [1.807, 2.05) is 0 Å². The van der Waals surface area contributed by atoms with Crippen LogP contribution < -0.4 is 0 Å². The molecule has 12 heteroatoms. The lowest BCUT2D eigenvalue weighted by molar-refractivity contribution is -0.402. The molecule has 0 fully saturated rings. The SMILES string of the molecule is COC(=O)C1=C(C(=O)OC)SC(=C(N=O)c2ccc([N+](=O)[O-])o2)S1. The molecule has 2 rings (SSSR count). The summed E-state index contributed by atoms with van der Waals surface area (Å²) < 4.78 is 14.2. The van der Waals surface area contributed by atoms with Gasteiger partial charge in [-0.05, 0) is 11.2 Å². The van der Waals surface area contributed by atoms with Crippen LogP contribution in [-0.2, 0) is 19.1 Å². The van der Waals surface area contributed by atoms with Crippen molar-refractivity contribution in [3.05, 3.63) is 47.0 Å². The van der Waals surface area contributed by atoms with Gasteiger partial charge in [0.2, 0.25) is 0 Å². The molecule has 0 unspecified atom stereocenters. The topological polar surface area (TPSA) is 138 Å². The number of nitro groups is 1. The Hall–Kier alpha value is -2.60. The lowest BCUT2D eigenvalue weighted by atomic mass is 10.4. The molecule has 1 aliphatic heterocycles. The summed E-state index contributed by atoms with van der Waals surface area (Å²) in [5, 5.41) is 13.4. The number of furan rings is 1. The highest BCUT2D eigenvalue weighted by molar-refractivity contribution is 8.29. The molecule has 1 aromatic heterocycles. The lowest BCUT2D eigenvalue weighted by Gasteiger charge is -2.00. The number of hydrogen-bond acceptors (Lipinski definition) is 11. The van der Waals surface area contributed by atoms with Crippen LogP contribution in [0.25, 0.3) is 5.70 Å². The summed E-state index contributed by atoms with van der Waals surface area (Å²) in [6, 6.07) is 2.25. The number of esters is 2. The van der Waals surface area contributed by atoms with Crippen molar-refractivity contribution >= 4 is 47.0 Å². The molecule has 1 aliphatic rings. The molecule has 1 aromatic rings. The fourth-order valence-corrected chi connectivity index (χ4v) is 4.03. The molecule has 10 nitrogen and oxygen atoms in total. The molecule has 0 aliphatic carbocycles. The Morgan fingerprint density at radius 2 is 1.71 bits per heavy atom. The number of nitroso groups, excluding NO2 is 1. The highest BCUT2D eigenvalue weighted by atomic mass is 32.2. The van der Waals surface area contributed by atoms with Crippen molar-refractivity contribution in [2.24, 2.45) is 5.18 Å². The zero-order chi connectivity index (χ0) is 17.9. The first-order chi connectivity index (χ1) is 11.4. The van der Waals surface area contributed by atoms with Crippen molar-refractivity contribution in [2.75, 3.05) is 14.2 Å². The van der Waals surface area contributed by atoms with E-state index in [9.17, 15) is 24.6 Å². The van der Waals surface area contributed by atoms with Crippen LogP contribution in [0.15, 0.2) is 35.8 Å². The monoisotopic (exact) mass is 372 g/mol. The lowest BCUT2D eigenvalue weighted by Crippen LogP contribution is -2.08. The van der Waals surface area contributed by atoms with Gasteiger partial charge in [-0.15, -0.1) is 4.91 Å². The summed E-state index contributed by atoms with van der Waals surface area (Å²) in [7, 11) is 2.26. The minimum Gasteiger partial charge on any atom is -0.465 e. The standard InChI is InChI=1S/C12H8N2O8S2/c1-20-10(15)8-9(11(16)21-2)24-12(23-8)7(13-17)5-3-4-6(22-5)14(18)19/h3-4H,1-2H3. The summed E-state index contributed by atoms with van der Waals surface area (Å²) in [5.74, 6) is -2.33. The molecule has 0 saturated heterocycles. The fraction of sp³-hybridized carbons (Fsp3) is 0.167. The van der Waals surface area contributed by atoms with E-state index in [0.717, 1.165) is 43.8 Å². The molecule has 0 radical (unpaired) electrons. The number of thioether (sulfide) groups is 2. The van der Waals surface area contributed by atoms with Crippen LogP contribution in [-0.4, -0.2) is 31.1 Å². The zero-order valence-corrected chi connectivity index (χ0v) is 13.8. The Morgan fingerprint density at radius 1 is 1.17 bits per heavy atom. The molecule has 24 heavy (non-hydrogen) atoms. The molecule has 0 atom stereocenters. The summed E-state index contributed by atoms with van der Waals surface area (Å²) in [6.45, 7) is 0. The third-order valence-electron chi connectivity index (χ3n) is 2.63. The Morgan fingerprint density at radius 3 is 2.08 bits per heavy atom. The van der Waals surface area contributed by atoms with Crippen molar-refractivity contribution in [1.29, 1.82) is 0 Å². The van der Waals surface area contributed by atoms with Crippen molar-refractivity contribution in [2.45, 2.75) is 0 Å². The smallest absolute Gasteiger partial charge is 0.433 e. The van der Waals surface area contributed by atoms with Crippen LogP contribution in [0.3, 0.4) is 0 Å². The van der Waals surface area contributed by atoms with Gasteiger partial charge in [0.05, 0.1) is 24.5 Å². The molecule has 0 N–H and O–H groups in total. The first-order valence-electron chi connectivity index (χ1n) is 6.01. The quantitative estimate of drug-likeness (QED) is 0.328. The van der Waals surface area contributed by atoms with Gasteiger partial charge in [0.25, 0.3) is 0 Å². The van der Waals surface area contributed by atoms with Gasteiger partial charge in [0, 0.05) is 0 Å². The molecule has 126 valence electrons. The second kappa shape index (κ2) is 7.31. The van der Waals surface area contributed by atoms with E-state index in [1.165, 1.54) is 6.07 Å². The maximum atomic E-state index is 11.8. The third-order valence-corrected chi connectivity index (χ3v) is 5.16. The third kappa shape index (κ3) is 3.33. The molecule has 2 heterocycles. The summed E-state index contributed by atoms with van der Waals surface area (Å²) >= 11 is 1.53. The van der Waals surface area contributed by atoms with Crippen LogP contribution in [0.1, 0.15) is 5.76 Å². The summed E-state index contributed by atoms with van der Waals surface area (Å²) in [5.41, 5.74) is -0.279. The zero-order valence-electron chi connectivity index (χ0n) is 12.1. The van der Waals surface area contributed by atoms with Crippen LogP contribution in [0.2, 0.25) is 0 Å². The number of hydrogen-bond donors (Lipinski definition) is 0. The molecule has 0 bridgehead atoms. The van der Waals surface area contributed by atoms with E-state index in [2.05, 4.69) is 14.7 Å². The highest BCUT2D eigenvalue weighted by Crippen LogP contribution is 2.53. The van der Waals surface area contributed by atoms with Gasteiger partial charge in [0.15, 0.2) is 11.5 Å². The van der Waals surface area contributed by atoms with Crippen molar-refractivity contribution in [1.82, 2.24) is 0 Å². The Kier molecular flexibility index (Phi) is 5.41. The van der Waals surface area contributed by atoms with Crippen LogP contribution in [0.5, 0.6) is 0 Å². The van der Waals surface area contributed by atoms with E-state index in [1.54, 1.807) is 0 Å². The summed E-state index contributed by atoms with van der Waals surface area (Å²) in [6.07, 6.45) is 0. The number of carbonyl (C=O) groups excluding carboxylic acids is 2. The van der Waals surface area contributed by atoms with E-state index >= 15 is 0 Å². The van der Waals surface area contributed by atoms with E-state index in [0.29, 0.717) is 0 Å². The largest absolute Gasteiger partial charge is 0.465 e. The van der Waals surface area contributed by atoms with Gasteiger partial charge in [0.1, 0.15) is 14.7 Å². The maximum Gasteiger partial charge on any atom is 0.433 e. The van der Waals surface area contributed by atoms with Gasteiger partial charge in [-0.3, -0.25) is 10.1 Å². The predicted molar refractivity (Wildman–Crippen MR) is 84.3 cm³/mol. The van der Waals surface area contributed by atoms with Crippen LogP contribution in [0, 0.1) is 15.0 Å². The fourth-order valence-electron chi connectivity index (χ4n) is 1.59. The van der Waals surface area contributed by atoms with Gasteiger partial charge in [-0.25, -0.2) is 9.59 Å². The molecule has 0 amide bonds. The minimum absolute atomic E-state index is 0.0773. The van der Waals surface area contributed by atoms with E-state index < -0.39 is 22.7 Å². The number of ether oxygens (including phenoxy) is 2. The molecular formula is C12H8N2O8S2. The van der Waals surface area contributed by atoms with Gasteiger partial charge >= 0.3 is 17.8 Å². The highest BCUT2D eigenvalue weighted by Gasteiger charge is 2.35. The minimum atomic E-state index is -0.793. The molecule has 0 saturated carbocycles. The Labute approximate surface area is 142 Å². The maximum absolute atomic E-state index is 11.8. The second-order valence-electron chi connectivity index (χ2n) is 3.97. The van der Waals surface area contributed by atoms with Crippen molar-refractivity contribution < 1.29 is 28.4 Å². The number of methoxy groups -OCH3 is 2. The average molecular weight is 372 g/mol. The number of nitrogens with zero attached hydrogens (tertiary/aromatic N) is 2. The second-order valence-corrected chi connectivity index (χ2v) is 6.27. The van der Waals surface area contributed by atoms with Gasteiger partial charge < -0.3 is 13.9 Å². The average Bonchev–Trinajstić information content (AvgIpc) is 3.22. The Bertz CT molecular complexity index is 765. The van der Waals surface area contributed by atoms with Gasteiger partial charge in [-0.2, -0.15) is 0 Å². The normalized spacial score (nSPS) is 13.7. The number of carbonyl (C=O) groups is 2. The van der Waals surface area contributed by atoms with E-state index in [4.69, 9.17) is 4.42 Å². The molecule has 0 aromatic carbocycles. The molecular weight excluding hydrogens is 364 g/mol. The first-order valence-corrected chi connectivity index (χ1v) is 7.65. The van der Waals surface area contributed by atoms with E-state index in [-0.39, 0.29) is 25.5 Å². The van der Waals surface area contributed by atoms with Crippen LogP contribution >= 0.6 is 23.5 Å².